The van der Waals surface area contributed by atoms with Crippen molar-refractivity contribution in [3.8, 4) is 6.07 Å². The van der Waals surface area contributed by atoms with Gasteiger partial charge in [0.05, 0.1) is 17.6 Å². The van der Waals surface area contributed by atoms with Gasteiger partial charge in [-0.3, -0.25) is 0 Å². The van der Waals surface area contributed by atoms with E-state index in [4.69, 9.17) is 34.0 Å². The highest BCUT2D eigenvalue weighted by Gasteiger charge is 2.19. The van der Waals surface area contributed by atoms with Gasteiger partial charge in [0.15, 0.2) is 11.6 Å². The van der Waals surface area contributed by atoms with Gasteiger partial charge in [-0.1, -0.05) is 41.4 Å². The van der Waals surface area contributed by atoms with Crippen molar-refractivity contribution in [2.45, 2.75) is 12.8 Å². The Morgan fingerprint density at radius 1 is 1.03 bits per heavy atom. The molecule has 5 N–H and O–H groups in total. The molecule has 1 heterocycles. The van der Waals surface area contributed by atoms with Gasteiger partial charge in [0.25, 0.3) is 0 Å². The molecule has 4 rings (SSSR count). The molecule has 0 bridgehead atoms. The van der Waals surface area contributed by atoms with Crippen LogP contribution >= 0.6 is 23.2 Å². The maximum atomic E-state index is 11.1. The molecule has 1 atom stereocenters. The van der Waals surface area contributed by atoms with Crippen LogP contribution in [0.25, 0.3) is 0 Å². The molecule has 36 heavy (non-hydrogen) atoms. The predicted octanol–water partition coefficient (Wildman–Crippen LogP) is 6.51. The van der Waals surface area contributed by atoms with Gasteiger partial charge in [-0.05, 0) is 66.1 Å². The Balaban J connectivity index is 1.59. The summed E-state index contributed by atoms with van der Waals surface area (Å²) in [7, 11) is 0. The fourth-order valence-corrected chi connectivity index (χ4v) is 3.99. The third-order valence-corrected chi connectivity index (χ3v) is 6.10. The number of anilines is 5. The Hall–Kier alpha value is -4.32. The smallest absolute Gasteiger partial charge is 0.335 e. The number of aryl methyl sites for hydroxylation is 1. The molecule has 0 aliphatic carbocycles. The highest BCUT2D eigenvalue weighted by atomic mass is 35.5. The minimum Gasteiger partial charge on any atom is -0.478 e. The molecule has 0 saturated heterocycles. The third kappa shape index (κ3) is 5.33. The third-order valence-electron chi connectivity index (χ3n) is 5.52. The SMILES string of the molecule is Cc1cc(C(C#N)c2ccc(Cl)cc2)c(Cl)cc1Nc1ncnc(Nc2ccc(C(=O)O)cc2)c1N. The second-order valence-electron chi connectivity index (χ2n) is 7.92. The van der Waals surface area contributed by atoms with Crippen LogP contribution in [0.1, 0.15) is 33.0 Å². The first-order valence-corrected chi connectivity index (χ1v) is 11.5. The number of hydrogen-bond donors (Lipinski definition) is 4. The molecule has 0 aliphatic heterocycles. The number of aromatic nitrogens is 2. The van der Waals surface area contributed by atoms with Gasteiger partial charge in [0.1, 0.15) is 12.0 Å². The van der Waals surface area contributed by atoms with E-state index in [0.29, 0.717) is 38.6 Å². The standard InChI is InChI=1S/C26H20Cl2N6O2/c1-14-10-19(20(12-29)15-2-6-17(27)7-3-15)21(28)11-22(14)34-25-23(30)24(31-13-32-25)33-18-8-4-16(5-9-18)26(35)36/h2-11,13,20H,30H2,1H3,(H,35,36)(H2,31,32,33,34). The lowest BCUT2D eigenvalue weighted by Crippen LogP contribution is -2.07. The molecule has 4 aromatic rings. The zero-order valence-corrected chi connectivity index (χ0v) is 20.5. The number of carbonyl (C=O) groups is 1. The summed E-state index contributed by atoms with van der Waals surface area (Å²) in [5, 5.41) is 26.1. The molecular formula is C26H20Cl2N6O2. The number of nitrogen functional groups attached to an aromatic ring is 1. The highest BCUT2D eigenvalue weighted by molar-refractivity contribution is 6.32. The second kappa shape index (κ2) is 10.5. The summed E-state index contributed by atoms with van der Waals surface area (Å²) in [5.74, 6) is -0.863. The van der Waals surface area contributed by atoms with E-state index in [2.05, 4.69) is 26.7 Å². The Morgan fingerprint density at radius 2 is 1.67 bits per heavy atom. The van der Waals surface area contributed by atoms with Crippen molar-refractivity contribution in [3.05, 3.63) is 99.3 Å². The maximum absolute atomic E-state index is 11.1. The summed E-state index contributed by atoms with van der Waals surface area (Å²) in [4.78, 5) is 19.5. The van der Waals surface area contributed by atoms with E-state index >= 15 is 0 Å². The van der Waals surface area contributed by atoms with Gasteiger partial charge >= 0.3 is 5.97 Å². The van der Waals surface area contributed by atoms with Gasteiger partial charge < -0.3 is 21.5 Å². The predicted molar refractivity (Wildman–Crippen MR) is 142 cm³/mol. The highest BCUT2D eigenvalue weighted by Crippen LogP contribution is 2.36. The molecule has 180 valence electrons. The van der Waals surface area contributed by atoms with Crippen molar-refractivity contribution in [1.82, 2.24) is 9.97 Å². The molecule has 0 saturated carbocycles. The van der Waals surface area contributed by atoms with Crippen LogP contribution in [0.2, 0.25) is 10.0 Å². The van der Waals surface area contributed by atoms with Crippen LogP contribution in [0.4, 0.5) is 28.7 Å². The van der Waals surface area contributed by atoms with Crippen LogP contribution in [0, 0.1) is 18.3 Å². The number of halogens is 2. The fraction of sp³-hybridized carbons (Fsp3) is 0.0769. The number of benzene rings is 3. The zero-order chi connectivity index (χ0) is 25.8. The molecule has 1 aromatic heterocycles. The summed E-state index contributed by atoms with van der Waals surface area (Å²) in [6.45, 7) is 1.89. The van der Waals surface area contributed by atoms with Crippen molar-refractivity contribution >= 4 is 57.9 Å². The summed E-state index contributed by atoms with van der Waals surface area (Å²) in [6, 6.07) is 19.2. The topological polar surface area (TPSA) is 137 Å². The molecule has 8 nitrogen and oxygen atoms in total. The summed E-state index contributed by atoms with van der Waals surface area (Å²) in [5.41, 5.74) is 10.3. The van der Waals surface area contributed by atoms with E-state index < -0.39 is 11.9 Å². The fourth-order valence-electron chi connectivity index (χ4n) is 3.59. The largest absolute Gasteiger partial charge is 0.478 e. The normalized spacial score (nSPS) is 11.4. The van der Waals surface area contributed by atoms with Crippen molar-refractivity contribution in [2.24, 2.45) is 0 Å². The summed E-state index contributed by atoms with van der Waals surface area (Å²) < 4.78 is 0. The number of rotatable bonds is 7. The van der Waals surface area contributed by atoms with Gasteiger partial charge in [-0.25, -0.2) is 14.8 Å². The second-order valence-corrected chi connectivity index (χ2v) is 8.76. The number of aromatic carboxylic acids is 1. The average molecular weight is 519 g/mol. The minimum absolute atomic E-state index is 0.170. The summed E-state index contributed by atoms with van der Waals surface area (Å²) >= 11 is 12.6. The Morgan fingerprint density at radius 3 is 2.28 bits per heavy atom. The number of hydrogen-bond acceptors (Lipinski definition) is 7. The molecule has 10 heteroatoms. The quantitative estimate of drug-likeness (QED) is 0.217. The number of nitrogens with two attached hydrogens (primary N) is 1. The van der Waals surface area contributed by atoms with Crippen molar-refractivity contribution in [1.29, 1.82) is 5.26 Å². The van der Waals surface area contributed by atoms with E-state index in [9.17, 15) is 10.1 Å². The minimum atomic E-state index is -1.01. The van der Waals surface area contributed by atoms with E-state index in [0.717, 1.165) is 11.1 Å². The molecule has 3 aromatic carbocycles. The van der Waals surface area contributed by atoms with Gasteiger partial charge in [-0.2, -0.15) is 5.26 Å². The molecule has 0 amide bonds. The molecule has 0 spiro atoms. The summed E-state index contributed by atoms with van der Waals surface area (Å²) in [6.07, 6.45) is 1.35. The lowest BCUT2D eigenvalue weighted by Gasteiger charge is -2.17. The molecule has 0 radical (unpaired) electrons. The van der Waals surface area contributed by atoms with Crippen LogP contribution in [0.3, 0.4) is 0 Å². The molecular weight excluding hydrogens is 499 g/mol. The van der Waals surface area contributed by atoms with Crippen molar-refractivity contribution in [3.63, 3.8) is 0 Å². The first-order chi connectivity index (χ1) is 17.3. The van der Waals surface area contributed by atoms with Crippen LogP contribution < -0.4 is 16.4 Å². The number of nitrogens with zero attached hydrogens (tertiary/aromatic N) is 3. The van der Waals surface area contributed by atoms with E-state index in [-0.39, 0.29) is 11.3 Å². The van der Waals surface area contributed by atoms with E-state index in [1.165, 1.54) is 18.5 Å². The molecule has 1 unspecified atom stereocenters. The van der Waals surface area contributed by atoms with E-state index in [1.54, 1.807) is 42.5 Å². The number of nitrogens with one attached hydrogen (secondary N) is 2. The van der Waals surface area contributed by atoms with Crippen LogP contribution in [0.15, 0.2) is 67.0 Å². The monoisotopic (exact) mass is 518 g/mol. The number of nitriles is 1. The van der Waals surface area contributed by atoms with Gasteiger partial charge in [0, 0.05) is 21.4 Å². The first-order valence-electron chi connectivity index (χ1n) is 10.7. The first kappa shape index (κ1) is 24.8. The Labute approximate surface area is 217 Å². The average Bonchev–Trinajstić information content (AvgIpc) is 2.86. The maximum Gasteiger partial charge on any atom is 0.335 e. The zero-order valence-electron chi connectivity index (χ0n) is 19.0. The van der Waals surface area contributed by atoms with Crippen LogP contribution in [0.5, 0.6) is 0 Å². The van der Waals surface area contributed by atoms with Crippen LogP contribution in [-0.2, 0) is 0 Å². The van der Waals surface area contributed by atoms with Crippen molar-refractivity contribution in [2.75, 3.05) is 16.4 Å². The van der Waals surface area contributed by atoms with Gasteiger partial charge in [-0.15, -0.1) is 0 Å². The lowest BCUT2D eigenvalue weighted by atomic mass is 9.91. The molecule has 0 aliphatic rings. The van der Waals surface area contributed by atoms with E-state index in [1.807, 2.05) is 13.0 Å². The molecule has 0 fully saturated rings. The lowest BCUT2D eigenvalue weighted by molar-refractivity contribution is 0.0697. The number of carboxylic acid groups (broad SMARTS) is 1. The Bertz CT molecular complexity index is 1470. The number of carboxylic acids is 1. The van der Waals surface area contributed by atoms with Gasteiger partial charge in [0.2, 0.25) is 0 Å². The Kier molecular flexibility index (Phi) is 7.25. The van der Waals surface area contributed by atoms with Crippen LogP contribution in [-0.4, -0.2) is 21.0 Å². The van der Waals surface area contributed by atoms with Crippen molar-refractivity contribution < 1.29 is 9.90 Å².